The van der Waals surface area contributed by atoms with Crippen LogP contribution in [0, 0.1) is 5.82 Å². The first-order valence-corrected chi connectivity index (χ1v) is 10.4. The summed E-state index contributed by atoms with van der Waals surface area (Å²) in [4.78, 5) is 6.57. The van der Waals surface area contributed by atoms with E-state index in [2.05, 4.69) is 34.6 Å². The highest BCUT2D eigenvalue weighted by molar-refractivity contribution is 5.79. The molecule has 0 aliphatic rings. The third-order valence-electron chi connectivity index (χ3n) is 4.77. The molecule has 1 aromatic heterocycles. The number of halogens is 1. The van der Waals surface area contributed by atoms with Crippen molar-refractivity contribution in [2.45, 2.75) is 59.2 Å². The van der Waals surface area contributed by atoms with Gasteiger partial charge in [0.2, 0.25) is 0 Å². The summed E-state index contributed by atoms with van der Waals surface area (Å²) < 4.78 is 19.4. The van der Waals surface area contributed by atoms with E-state index in [4.69, 9.17) is 4.52 Å². The van der Waals surface area contributed by atoms with Gasteiger partial charge in [-0.1, -0.05) is 25.1 Å². The van der Waals surface area contributed by atoms with Crippen LogP contribution in [-0.2, 0) is 19.6 Å². The molecule has 29 heavy (non-hydrogen) atoms. The number of guanidine groups is 1. The van der Waals surface area contributed by atoms with Gasteiger partial charge in [-0.05, 0) is 51.6 Å². The predicted molar refractivity (Wildman–Crippen MR) is 115 cm³/mol. The average Bonchev–Trinajstić information content (AvgIpc) is 3.15. The second-order valence-corrected chi connectivity index (χ2v) is 7.44. The van der Waals surface area contributed by atoms with Crippen molar-refractivity contribution in [2.75, 3.05) is 20.6 Å². The van der Waals surface area contributed by atoms with Gasteiger partial charge < -0.3 is 20.1 Å². The Bertz CT molecular complexity index is 783. The molecule has 0 fully saturated rings. The molecule has 0 atom stereocenters. The van der Waals surface area contributed by atoms with Crippen LogP contribution in [0.1, 0.15) is 62.1 Å². The Labute approximate surface area is 173 Å². The van der Waals surface area contributed by atoms with Crippen molar-refractivity contribution in [1.29, 1.82) is 0 Å². The number of aliphatic imine (C=N–C) groups is 1. The Hall–Kier alpha value is -2.41. The SMILES string of the molecule is CCNC(=NCc1ccc(F)c(CN(C)C)c1)NCc1cc(C(CC)CC)no1. The summed E-state index contributed by atoms with van der Waals surface area (Å²) in [6.07, 6.45) is 2.10. The van der Waals surface area contributed by atoms with Crippen LogP contribution in [0.3, 0.4) is 0 Å². The Morgan fingerprint density at radius 2 is 1.93 bits per heavy atom. The lowest BCUT2D eigenvalue weighted by Crippen LogP contribution is -2.36. The fourth-order valence-corrected chi connectivity index (χ4v) is 3.18. The number of benzene rings is 1. The Balaban J connectivity index is 2.01. The molecule has 0 radical (unpaired) electrons. The molecule has 2 N–H and O–H groups in total. The first-order chi connectivity index (χ1) is 14.0. The van der Waals surface area contributed by atoms with Crippen LogP contribution in [0.5, 0.6) is 0 Å². The summed E-state index contributed by atoms with van der Waals surface area (Å²) in [6, 6.07) is 7.18. The van der Waals surface area contributed by atoms with Gasteiger partial charge in [-0.3, -0.25) is 0 Å². The predicted octanol–water partition coefficient (Wildman–Crippen LogP) is 4.03. The number of nitrogens with one attached hydrogen (secondary N) is 2. The molecule has 0 aliphatic heterocycles. The van der Waals surface area contributed by atoms with E-state index in [1.807, 2.05) is 38.1 Å². The lowest BCUT2D eigenvalue weighted by atomic mass is 9.99. The Morgan fingerprint density at radius 1 is 1.17 bits per heavy atom. The molecule has 7 heteroatoms. The van der Waals surface area contributed by atoms with E-state index in [0.717, 1.165) is 36.4 Å². The third-order valence-corrected chi connectivity index (χ3v) is 4.77. The minimum absolute atomic E-state index is 0.185. The van der Waals surface area contributed by atoms with Gasteiger partial charge in [0, 0.05) is 30.6 Å². The smallest absolute Gasteiger partial charge is 0.191 e. The lowest BCUT2D eigenvalue weighted by molar-refractivity contribution is 0.368. The van der Waals surface area contributed by atoms with Crippen molar-refractivity contribution < 1.29 is 8.91 Å². The van der Waals surface area contributed by atoms with Crippen LogP contribution in [0.15, 0.2) is 33.8 Å². The van der Waals surface area contributed by atoms with Crippen molar-refractivity contribution in [3.8, 4) is 0 Å². The minimum atomic E-state index is -0.185. The molecule has 0 saturated carbocycles. The van der Waals surface area contributed by atoms with Crippen molar-refractivity contribution in [1.82, 2.24) is 20.7 Å². The topological polar surface area (TPSA) is 65.7 Å². The number of hydrogen-bond donors (Lipinski definition) is 2. The fourth-order valence-electron chi connectivity index (χ4n) is 3.18. The van der Waals surface area contributed by atoms with Crippen LogP contribution >= 0.6 is 0 Å². The monoisotopic (exact) mass is 403 g/mol. The van der Waals surface area contributed by atoms with E-state index in [1.165, 1.54) is 6.07 Å². The number of aromatic nitrogens is 1. The molecule has 0 spiro atoms. The Kier molecular flexibility index (Phi) is 9.12. The molecule has 6 nitrogen and oxygen atoms in total. The normalized spacial score (nSPS) is 12.1. The summed E-state index contributed by atoms with van der Waals surface area (Å²) in [6.45, 7) is 8.62. The van der Waals surface area contributed by atoms with Gasteiger partial charge in [-0.2, -0.15) is 0 Å². The van der Waals surface area contributed by atoms with Crippen LogP contribution in [0.2, 0.25) is 0 Å². The van der Waals surface area contributed by atoms with E-state index in [1.54, 1.807) is 6.07 Å². The maximum Gasteiger partial charge on any atom is 0.191 e. The third kappa shape index (κ3) is 7.16. The van der Waals surface area contributed by atoms with Gasteiger partial charge in [0.05, 0.1) is 18.8 Å². The van der Waals surface area contributed by atoms with E-state index < -0.39 is 0 Å². The minimum Gasteiger partial charge on any atom is -0.359 e. The van der Waals surface area contributed by atoms with Crippen molar-refractivity contribution in [3.05, 3.63) is 52.7 Å². The summed E-state index contributed by atoms with van der Waals surface area (Å²) in [7, 11) is 3.85. The van der Waals surface area contributed by atoms with Gasteiger partial charge >= 0.3 is 0 Å². The molecule has 1 heterocycles. The van der Waals surface area contributed by atoms with Crippen LogP contribution in [0.4, 0.5) is 4.39 Å². The maximum absolute atomic E-state index is 14.0. The van der Waals surface area contributed by atoms with Gasteiger partial charge in [-0.25, -0.2) is 9.38 Å². The van der Waals surface area contributed by atoms with Crippen LogP contribution < -0.4 is 10.6 Å². The van der Waals surface area contributed by atoms with Crippen molar-refractivity contribution in [3.63, 3.8) is 0 Å². The molecule has 2 rings (SSSR count). The standard InChI is InChI=1S/C22H34FN5O/c1-6-17(7-2)21-12-19(29-27-21)14-26-22(24-8-3)25-13-16-9-10-20(23)18(11-16)15-28(4)5/h9-12,17H,6-8,13-15H2,1-5H3,(H2,24,25,26). The number of nitrogens with zero attached hydrogens (tertiary/aromatic N) is 3. The van der Waals surface area contributed by atoms with Crippen LogP contribution in [-0.4, -0.2) is 36.7 Å². The number of rotatable bonds is 10. The Morgan fingerprint density at radius 3 is 2.59 bits per heavy atom. The highest BCUT2D eigenvalue weighted by atomic mass is 19.1. The zero-order chi connectivity index (χ0) is 21.2. The largest absolute Gasteiger partial charge is 0.359 e. The summed E-state index contributed by atoms with van der Waals surface area (Å²) >= 11 is 0. The molecule has 1 aromatic carbocycles. The van der Waals surface area contributed by atoms with E-state index in [0.29, 0.717) is 37.1 Å². The quantitative estimate of drug-likeness (QED) is 0.463. The van der Waals surface area contributed by atoms with E-state index >= 15 is 0 Å². The highest BCUT2D eigenvalue weighted by Gasteiger charge is 2.13. The molecule has 0 saturated heterocycles. The summed E-state index contributed by atoms with van der Waals surface area (Å²) in [5.41, 5.74) is 2.65. The second kappa shape index (κ2) is 11.6. The van der Waals surface area contributed by atoms with E-state index in [9.17, 15) is 4.39 Å². The molecular weight excluding hydrogens is 369 g/mol. The molecule has 2 aromatic rings. The van der Waals surface area contributed by atoms with Gasteiger partial charge in [-0.15, -0.1) is 0 Å². The fraction of sp³-hybridized carbons (Fsp3) is 0.545. The molecule has 0 aliphatic carbocycles. The zero-order valence-electron chi connectivity index (χ0n) is 18.3. The molecule has 0 amide bonds. The second-order valence-electron chi connectivity index (χ2n) is 7.44. The van der Waals surface area contributed by atoms with Gasteiger partial charge in [0.15, 0.2) is 11.7 Å². The number of hydrogen-bond acceptors (Lipinski definition) is 4. The average molecular weight is 404 g/mol. The summed E-state index contributed by atoms with van der Waals surface area (Å²) in [5.74, 6) is 1.72. The van der Waals surface area contributed by atoms with Crippen molar-refractivity contribution >= 4 is 5.96 Å². The zero-order valence-corrected chi connectivity index (χ0v) is 18.3. The van der Waals surface area contributed by atoms with Gasteiger partial charge in [0.1, 0.15) is 5.82 Å². The highest BCUT2D eigenvalue weighted by Crippen LogP contribution is 2.22. The molecule has 0 bridgehead atoms. The first kappa shape index (κ1) is 22.9. The maximum atomic E-state index is 14.0. The van der Waals surface area contributed by atoms with Crippen molar-refractivity contribution in [2.24, 2.45) is 4.99 Å². The lowest BCUT2D eigenvalue weighted by Gasteiger charge is -2.12. The first-order valence-electron chi connectivity index (χ1n) is 10.4. The molecular formula is C22H34FN5O. The van der Waals surface area contributed by atoms with Crippen LogP contribution in [0.25, 0.3) is 0 Å². The summed E-state index contributed by atoms with van der Waals surface area (Å²) in [5, 5.41) is 10.7. The molecule has 160 valence electrons. The van der Waals surface area contributed by atoms with Gasteiger partial charge in [0.25, 0.3) is 0 Å². The molecule has 0 unspecified atom stereocenters. The van der Waals surface area contributed by atoms with E-state index in [-0.39, 0.29) is 5.82 Å².